The van der Waals surface area contributed by atoms with Crippen molar-refractivity contribution in [2.45, 2.75) is 0 Å². The van der Waals surface area contributed by atoms with Crippen LogP contribution in [-0.2, 0) is 0 Å². The van der Waals surface area contributed by atoms with Crippen LogP contribution in [0.4, 0.5) is 5.69 Å². The molecule has 0 aliphatic heterocycles. The van der Waals surface area contributed by atoms with Crippen LogP contribution in [-0.4, -0.2) is 10.7 Å². The Bertz CT molecular complexity index is 1220. The average molecular weight is 420 g/mol. The van der Waals surface area contributed by atoms with Crippen molar-refractivity contribution < 1.29 is 18.9 Å². The van der Waals surface area contributed by atoms with E-state index in [4.69, 9.17) is 20.8 Å². The number of hydrogen-bond donors (Lipinski definition) is 0. The average Bonchev–Trinajstić information content (AvgIpc) is 3.24. The molecule has 0 bridgehead atoms. The Labute approximate surface area is 176 Å². The monoisotopic (exact) mass is 419 g/mol. The molecule has 1 aromatic heterocycles. The summed E-state index contributed by atoms with van der Waals surface area (Å²) in [6.07, 6.45) is 0. The summed E-state index contributed by atoms with van der Waals surface area (Å²) in [6.45, 7) is 0. The summed E-state index contributed by atoms with van der Waals surface area (Å²) in [5.74, 6) is 1.49. The van der Waals surface area contributed by atoms with Gasteiger partial charge >= 0.3 is 0 Å². The Kier molecular flexibility index (Phi) is 5.32. The standard InChI is InChI=1S/C23H14ClNO5/c24-20-14-16(25(27)28)8-11-19(20)21-12-13-22(30-21)23(26)15-6-9-18(10-7-15)29-17-4-2-1-3-5-17/h1-14H. The summed E-state index contributed by atoms with van der Waals surface area (Å²) in [4.78, 5) is 23.0. The van der Waals surface area contributed by atoms with Gasteiger partial charge in [0.25, 0.3) is 5.69 Å². The summed E-state index contributed by atoms with van der Waals surface area (Å²) < 4.78 is 11.4. The molecule has 0 aliphatic rings. The second kappa shape index (κ2) is 8.23. The number of nitrogens with zero attached hydrogens (tertiary/aromatic N) is 1. The Morgan fingerprint density at radius 1 is 0.900 bits per heavy atom. The minimum atomic E-state index is -0.530. The predicted molar refractivity (Wildman–Crippen MR) is 112 cm³/mol. The second-order valence-corrected chi connectivity index (χ2v) is 6.76. The maximum absolute atomic E-state index is 12.7. The molecule has 0 saturated heterocycles. The quantitative estimate of drug-likeness (QED) is 0.201. The van der Waals surface area contributed by atoms with E-state index in [-0.39, 0.29) is 22.3 Å². The molecule has 0 atom stereocenters. The van der Waals surface area contributed by atoms with Gasteiger partial charge in [0, 0.05) is 23.3 Å². The lowest BCUT2D eigenvalue weighted by molar-refractivity contribution is -0.384. The van der Waals surface area contributed by atoms with Crippen molar-refractivity contribution in [1.82, 2.24) is 0 Å². The molecule has 30 heavy (non-hydrogen) atoms. The topological polar surface area (TPSA) is 82.6 Å². The van der Waals surface area contributed by atoms with E-state index in [0.29, 0.717) is 28.4 Å². The van der Waals surface area contributed by atoms with Crippen molar-refractivity contribution >= 4 is 23.1 Å². The van der Waals surface area contributed by atoms with E-state index in [1.165, 1.54) is 18.2 Å². The van der Waals surface area contributed by atoms with Crippen LogP contribution in [0.2, 0.25) is 5.02 Å². The molecule has 0 spiro atoms. The highest BCUT2D eigenvalue weighted by Gasteiger charge is 2.17. The van der Waals surface area contributed by atoms with E-state index in [2.05, 4.69) is 0 Å². The van der Waals surface area contributed by atoms with E-state index in [1.54, 1.807) is 36.4 Å². The van der Waals surface area contributed by atoms with E-state index in [9.17, 15) is 14.9 Å². The van der Waals surface area contributed by atoms with Gasteiger partial charge in [0.1, 0.15) is 17.3 Å². The number of para-hydroxylation sites is 1. The number of carbonyl (C=O) groups excluding carboxylic acids is 1. The second-order valence-electron chi connectivity index (χ2n) is 6.35. The number of carbonyl (C=O) groups is 1. The lowest BCUT2D eigenvalue weighted by atomic mass is 10.1. The fraction of sp³-hybridized carbons (Fsp3) is 0. The number of non-ortho nitro benzene ring substituents is 1. The summed E-state index contributed by atoms with van der Waals surface area (Å²) in [5, 5.41) is 11.0. The van der Waals surface area contributed by atoms with Crippen molar-refractivity contribution in [2.75, 3.05) is 0 Å². The number of halogens is 1. The number of ether oxygens (including phenoxy) is 1. The highest BCUT2D eigenvalue weighted by Crippen LogP contribution is 2.33. The third kappa shape index (κ3) is 4.09. The fourth-order valence-electron chi connectivity index (χ4n) is 2.86. The number of hydrogen-bond acceptors (Lipinski definition) is 5. The van der Waals surface area contributed by atoms with Crippen molar-refractivity contribution in [3.63, 3.8) is 0 Å². The third-order valence-corrected chi connectivity index (χ3v) is 4.67. The van der Waals surface area contributed by atoms with Crippen molar-refractivity contribution in [3.05, 3.63) is 111 Å². The molecule has 4 rings (SSSR count). The summed E-state index contributed by atoms with van der Waals surface area (Å²) in [7, 11) is 0. The molecular formula is C23H14ClNO5. The SMILES string of the molecule is O=C(c1ccc(Oc2ccccc2)cc1)c1ccc(-c2ccc([N+](=O)[O-])cc2Cl)o1. The van der Waals surface area contributed by atoms with Crippen LogP contribution in [0.1, 0.15) is 16.1 Å². The summed E-state index contributed by atoms with van der Waals surface area (Å²) in [5.41, 5.74) is 0.781. The molecule has 4 aromatic rings. The number of rotatable bonds is 6. The molecule has 0 fully saturated rings. The Morgan fingerprint density at radius 2 is 1.60 bits per heavy atom. The first-order valence-corrected chi connectivity index (χ1v) is 9.31. The van der Waals surface area contributed by atoms with Crippen LogP contribution < -0.4 is 4.74 Å². The number of ketones is 1. The molecule has 0 radical (unpaired) electrons. The first-order chi connectivity index (χ1) is 14.5. The van der Waals surface area contributed by atoms with Gasteiger partial charge in [-0.25, -0.2) is 0 Å². The van der Waals surface area contributed by atoms with Crippen LogP contribution in [0.25, 0.3) is 11.3 Å². The zero-order valence-electron chi connectivity index (χ0n) is 15.4. The molecule has 3 aromatic carbocycles. The zero-order valence-corrected chi connectivity index (χ0v) is 16.2. The number of nitro groups is 1. The number of nitro benzene ring substituents is 1. The molecule has 0 aliphatic carbocycles. The maximum Gasteiger partial charge on any atom is 0.270 e. The molecule has 0 unspecified atom stereocenters. The molecule has 148 valence electrons. The molecule has 0 amide bonds. The van der Waals surface area contributed by atoms with Gasteiger partial charge in [-0.1, -0.05) is 29.8 Å². The third-order valence-electron chi connectivity index (χ3n) is 4.35. The van der Waals surface area contributed by atoms with E-state index in [1.807, 2.05) is 30.3 Å². The summed E-state index contributed by atoms with van der Waals surface area (Å²) >= 11 is 6.13. The van der Waals surface area contributed by atoms with Gasteiger partial charge in [-0.3, -0.25) is 14.9 Å². The van der Waals surface area contributed by atoms with Gasteiger partial charge in [-0.05, 0) is 54.6 Å². The van der Waals surface area contributed by atoms with Gasteiger partial charge in [0.2, 0.25) is 5.78 Å². The van der Waals surface area contributed by atoms with Crippen molar-refractivity contribution in [2.24, 2.45) is 0 Å². The molecular weight excluding hydrogens is 406 g/mol. The van der Waals surface area contributed by atoms with Crippen LogP contribution in [0.15, 0.2) is 89.3 Å². The maximum atomic E-state index is 12.7. The van der Waals surface area contributed by atoms with Gasteiger partial charge in [-0.2, -0.15) is 0 Å². The Hall–Kier alpha value is -3.90. The van der Waals surface area contributed by atoms with Crippen molar-refractivity contribution in [1.29, 1.82) is 0 Å². The number of benzene rings is 3. The minimum Gasteiger partial charge on any atom is -0.457 e. The van der Waals surface area contributed by atoms with Crippen molar-refractivity contribution in [3.8, 4) is 22.8 Å². The van der Waals surface area contributed by atoms with Crippen LogP contribution >= 0.6 is 11.6 Å². The smallest absolute Gasteiger partial charge is 0.270 e. The molecule has 7 heteroatoms. The Morgan fingerprint density at radius 3 is 2.27 bits per heavy atom. The largest absolute Gasteiger partial charge is 0.457 e. The zero-order chi connectivity index (χ0) is 21.1. The predicted octanol–water partition coefficient (Wildman–Crippen LogP) is 6.53. The van der Waals surface area contributed by atoms with Crippen LogP contribution in [0.5, 0.6) is 11.5 Å². The first kappa shape index (κ1) is 19.4. The van der Waals surface area contributed by atoms with Gasteiger partial charge in [0.15, 0.2) is 5.76 Å². The van der Waals surface area contributed by atoms with Crippen LogP contribution in [0.3, 0.4) is 0 Å². The lowest BCUT2D eigenvalue weighted by Gasteiger charge is -2.06. The van der Waals surface area contributed by atoms with E-state index >= 15 is 0 Å². The van der Waals surface area contributed by atoms with E-state index < -0.39 is 4.92 Å². The van der Waals surface area contributed by atoms with E-state index in [0.717, 1.165) is 0 Å². The summed E-state index contributed by atoms with van der Waals surface area (Å²) in [6, 6.07) is 23.3. The van der Waals surface area contributed by atoms with Gasteiger partial charge in [-0.15, -0.1) is 0 Å². The minimum absolute atomic E-state index is 0.121. The molecule has 6 nitrogen and oxygen atoms in total. The molecule has 1 heterocycles. The normalized spacial score (nSPS) is 10.6. The fourth-order valence-corrected chi connectivity index (χ4v) is 3.13. The highest BCUT2D eigenvalue weighted by atomic mass is 35.5. The highest BCUT2D eigenvalue weighted by molar-refractivity contribution is 6.33. The lowest BCUT2D eigenvalue weighted by Crippen LogP contribution is -1.99. The van der Waals surface area contributed by atoms with Gasteiger partial charge < -0.3 is 9.15 Å². The van der Waals surface area contributed by atoms with Gasteiger partial charge in [0.05, 0.1) is 9.95 Å². The molecule has 0 N–H and O–H groups in total. The Balaban J connectivity index is 1.52. The van der Waals surface area contributed by atoms with Crippen LogP contribution in [0, 0.1) is 10.1 Å². The number of furan rings is 1. The molecule has 0 saturated carbocycles. The first-order valence-electron chi connectivity index (χ1n) is 8.93.